The molecule has 0 aliphatic carbocycles. The lowest BCUT2D eigenvalue weighted by atomic mass is 9.60. The highest BCUT2D eigenvalue weighted by molar-refractivity contribution is 6.14. The van der Waals surface area contributed by atoms with Crippen molar-refractivity contribution in [3.8, 4) is 11.6 Å². The molecule has 0 bridgehead atoms. The van der Waals surface area contributed by atoms with Crippen LogP contribution < -0.4 is 4.74 Å². The Balaban J connectivity index is 1.86. The van der Waals surface area contributed by atoms with E-state index in [1.165, 1.54) is 32.8 Å². The molecular weight excluding hydrogens is 392 g/mol. The zero-order valence-corrected chi connectivity index (χ0v) is 19.6. The minimum atomic E-state index is -0.192. The Morgan fingerprint density at radius 2 is 1.44 bits per heavy atom. The molecule has 1 aliphatic rings. The predicted molar refractivity (Wildman–Crippen MR) is 132 cm³/mol. The van der Waals surface area contributed by atoms with E-state index in [9.17, 15) is 0 Å². The van der Waals surface area contributed by atoms with Gasteiger partial charge in [-0.1, -0.05) is 82.3 Å². The van der Waals surface area contributed by atoms with E-state index in [0.29, 0.717) is 5.88 Å². The number of rotatable bonds is 2. The number of aryl methyl sites for hydroxylation is 2. The van der Waals surface area contributed by atoms with E-state index in [4.69, 9.17) is 9.72 Å². The summed E-state index contributed by atoms with van der Waals surface area (Å²) < 4.78 is 8.97. The van der Waals surface area contributed by atoms with Gasteiger partial charge in [-0.2, -0.15) is 4.98 Å². The van der Waals surface area contributed by atoms with Crippen molar-refractivity contribution in [1.29, 1.82) is 0 Å². The van der Waals surface area contributed by atoms with Gasteiger partial charge >= 0.3 is 0 Å². The maximum absolute atomic E-state index is 6.58. The van der Waals surface area contributed by atoms with E-state index in [2.05, 4.69) is 88.4 Å². The van der Waals surface area contributed by atoms with Crippen molar-refractivity contribution in [2.24, 2.45) is 0 Å². The van der Waals surface area contributed by atoms with Crippen LogP contribution in [0.25, 0.3) is 27.3 Å². The van der Waals surface area contributed by atoms with Crippen LogP contribution in [0.2, 0.25) is 0 Å². The third-order valence-electron chi connectivity index (χ3n) is 8.02. The van der Waals surface area contributed by atoms with Crippen molar-refractivity contribution in [2.75, 3.05) is 0 Å². The molecule has 0 unspecified atom stereocenters. The van der Waals surface area contributed by atoms with Gasteiger partial charge in [-0.05, 0) is 42.0 Å². The van der Waals surface area contributed by atoms with Crippen LogP contribution in [0.3, 0.4) is 0 Å². The summed E-state index contributed by atoms with van der Waals surface area (Å²) in [6.07, 6.45) is 0. The van der Waals surface area contributed by atoms with Gasteiger partial charge in [0.2, 0.25) is 5.88 Å². The quantitative estimate of drug-likeness (QED) is 0.275. The van der Waals surface area contributed by atoms with Crippen molar-refractivity contribution in [3.05, 3.63) is 83.0 Å². The summed E-state index contributed by atoms with van der Waals surface area (Å²) in [6, 6.07) is 21.5. The van der Waals surface area contributed by atoms with Gasteiger partial charge in [0.1, 0.15) is 11.4 Å². The van der Waals surface area contributed by atoms with E-state index in [1.807, 2.05) is 18.2 Å². The highest BCUT2D eigenvalue weighted by atomic mass is 16.5. The van der Waals surface area contributed by atoms with Crippen LogP contribution >= 0.6 is 0 Å². The normalized spacial score (nSPS) is 16.3. The number of ether oxygens (including phenoxy) is 1. The highest BCUT2D eigenvalue weighted by Gasteiger charge is 2.48. The molecule has 0 amide bonds. The van der Waals surface area contributed by atoms with Crippen LogP contribution in [0.5, 0.6) is 11.6 Å². The molecule has 32 heavy (non-hydrogen) atoms. The molecule has 3 nitrogen and oxygen atoms in total. The Morgan fingerprint density at radius 1 is 0.750 bits per heavy atom. The number of imidazole rings is 1. The number of aromatic nitrogens is 2. The van der Waals surface area contributed by atoms with Crippen molar-refractivity contribution >= 4 is 27.3 Å². The fraction of sp³-hybridized carbons (Fsp3) is 0.276. The monoisotopic (exact) mass is 420 g/mol. The lowest BCUT2D eigenvalue weighted by Crippen LogP contribution is -2.44. The number of hydrogen-bond acceptors (Lipinski definition) is 2. The van der Waals surface area contributed by atoms with E-state index in [1.54, 1.807) is 0 Å². The molecule has 3 aromatic carbocycles. The molecule has 2 aromatic heterocycles. The lowest BCUT2D eigenvalue weighted by Gasteiger charge is -2.45. The van der Waals surface area contributed by atoms with Gasteiger partial charge in [0, 0.05) is 21.6 Å². The second-order valence-corrected chi connectivity index (χ2v) is 10.2. The molecular formula is C29H28N2O. The Labute approximate surface area is 188 Å². The molecule has 0 saturated carbocycles. The minimum Gasteiger partial charge on any atom is -0.437 e. The van der Waals surface area contributed by atoms with Gasteiger partial charge < -0.3 is 4.74 Å². The van der Waals surface area contributed by atoms with Gasteiger partial charge in [0.25, 0.3) is 0 Å². The first-order chi connectivity index (χ1) is 15.2. The van der Waals surface area contributed by atoms with Crippen LogP contribution in [0, 0.1) is 13.8 Å². The molecule has 6 rings (SSSR count). The fourth-order valence-corrected chi connectivity index (χ4v) is 5.51. The van der Waals surface area contributed by atoms with Gasteiger partial charge in [-0.3, -0.25) is 4.40 Å². The average Bonchev–Trinajstić information content (AvgIpc) is 3.14. The maximum Gasteiger partial charge on any atom is 0.242 e. The number of para-hydroxylation sites is 2. The van der Waals surface area contributed by atoms with E-state index in [0.717, 1.165) is 22.7 Å². The number of hydrogen-bond donors (Lipinski definition) is 0. The van der Waals surface area contributed by atoms with Gasteiger partial charge in [-0.25, -0.2) is 0 Å². The Morgan fingerprint density at radius 3 is 2.22 bits per heavy atom. The second-order valence-electron chi connectivity index (χ2n) is 10.2. The standard InChI is InChI=1S/C29H28N2O/c1-17-11-7-8-16-22(17)32-27-25-29(5,6)28(3,4)21-15-10-14-20-19-13-9-12-18(2)23(19)26(30-27)31(25)24(20)21/h7-16H,1-6H3. The fourth-order valence-electron chi connectivity index (χ4n) is 5.51. The zero-order valence-electron chi connectivity index (χ0n) is 19.6. The number of fused-ring (bicyclic) bond motifs is 3. The van der Waals surface area contributed by atoms with E-state index < -0.39 is 0 Å². The van der Waals surface area contributed by atoms with Gasteiger partial charge in [0.15, 0.2) is 0 Å². The summed E-state index contributed by atoms with van der Waals surface area (Å²) >= 11 is 0. The smallest absolute Gasteiger partial charge is 0.242 e. The van der Waals surface area contributed by atoms with Crippen molar-refractivity contribution in [1.82, 2.24) is 9.38 Å². The largest absolute Gasteiger partial charge is 0.437 e. The number of pyridine rings is 1. The summed E-state index contributed by atoms with van der Waals surface area (Å²) in [4.78, 5) is 5.19. The summed E-state index contributed by atoms with van der Waals surface area (Å²) in [6.45, 7) is 13.6. The number of benzene rings is 3. The molecule has 0 N–H and O–H groups in total. The molecule has 1 aliphatic heterocycles. The maximum atomic E-state index is 6.58. The topological polar surface area (TPSA) is 26.5 Å². The van der Waals surface area contributed by atoms with E-state index in [-0.39, 0.29) is 10.8 Å². The summed E-state index contributed by atoms with van der Waals surface area (Å²) in [5, 5.41) is 3.73. The first-order valence-electron chi connectivity index (χ1n) is 11.3. The first kappa shape index (κ1) is 19.4. The highest BCUT2D eigenvalue weighted by Crippen LogP contribution is 2.54. The number of nitrogens with zero attached hydrogens (tertiary/aromatic N) is 2. The second kappa shape index (κ2) is 6.13. The molecule has 0 radical (unpaired) electrons. The Kier molecular flexibility index (Phi) is 3.71. The minimum absolute atomic E-state index is 0.100. The summed E-state index contributed by atoms with van der Waals surface area (Å²) in [7, 11) is 0. The molecule has 3 heteroatoms. The Hall–Kier alpha value is -3.33. The first-order valence-corrected chi connectivity index (χ1v) is 11.3. The molecule has 0 saturated heterocycles. The molecule has 5 aromatic rings. The van der Waals surface area contributed by atoms with Gasteiger partial charge in [-0.15, -0.1) is 0 Å². The van der Waals surface area contributed by atoms with Crippen LogP contribution in [0.4, 0.5) is 0 Å². The average molecular weight is 421 g/mol. The molecule has 0 atom stereocenters. The third-order valence-corrected chi connectivity index (χ3v) is 8.02. The zero-order chi connectivity index (χ0) is 22.4. The predicted octanol–water partition coefficient (Wildman–Crippen LogP) is 7.62. The SMILES string of the molecule is Cc1ccccc1Oc1nc2c3c(C)cccc3c3cccc4c3n2c1C(C)(C)C4(C)C. The van der Waals surface area contributed by atoms with Gasteiger partial charge in [0.05, 0.1) is 11.2 Å². The van der Waals surface area contributed by atoms with Crippen molar-refractivity contribution in [3.63, 3.8) is 0 Å². The van der Waals surface area contributed by atoms with Crippen LogP contribution in [-0.2, 0) is 10.8 Å². The van der Waals surface area contributed by atoms with Crippen LogP contribution in [0.15, 0.2) is 60.7 Å². The molecule has 3 heterocycles. The lowest BCUT2D eigenvalue weighted by molar-refractivity contribution is 0.278. The van der Waals surface area contributed by atoms with Crippen LogP contribution in [-0.4, -0.2) is 9.38 Å². The molecule has 0 spiro atoms. The Bertz CT molecular complexity index is 1570. The van der Waals surface area contributed by atoms with E-state index >= 15 is 0 Å². The summed E-state index contributed by atoms with van der Waals surface area (Å²) in [5.74, 6) is 1.57. The van der Waals surface area contributed by atoms with Crippen molar-refractivity contribution in [2.45, 2.75) is 52.4 Å². The van der Waals surface area contributed by atoms with Crippen molar-refractivity contribution < 1.29 is 4.74 Å². The van der Waals surface area contributed by atoms with Crippen LogP contribution in [0.1, 0.15) is 50.1 Å². The third kappa shape index (κ3) is 2.24. The molecule has 160 valence electrons. The molecule has 0 fully saturated rings. The summed E-state index contributed by atoms with van der Waals surface area (Å²) in [5.41, 5.74) is 6.80.